The maximum absolute atomic E-state index is 13.9. The Labute approximate surface area is 239 Å². The van der Waals surface area contributed by atoms with Crippen molar-refractivity contribution in [2.45, 2.75) is 51.5 Å². The second kappa shape index (κ2) is 12.9. The number of allylic oxidation sites excluding steroid dienone is 1. The summed E-state index contributed by atoms with van der Waals surface area (Å²) in [6.07, 6.45) is 5.80. The van der Waals surface area contributed by atoms with Gasteiger partial charge in [-0.25, -0.2) is 0 Å². The first-order chi connectivity index (χ1) is 18.8. The smallest absolute Gasteiger partial charge is 0.317 e. The highest BCUT2D eigenvalue weighted by molar-refractivity contribution is 6.35. The minimum atomic E-state index is -1.000. The largest absolute Gasteiger partial charge is 0.496 e. The quantitative estimate of drug-likeness (QED) is 0.388. The molecular weight excluding hydrogens is 539 g/mol. The van der Waals surface area contributed by atoms with Crippen molar-refractivity contribution >= 4 is 41.0 Å². The molecule has 1 saturated heterocycles. The number of methoxy groups -OCH3 is 2. The molecule has 1 N–H and O–H groups in total. The second-order valence-electron chi connectivity index (χ2n) is 10.1. The van der Waals surface area contributed by atoms with Crippen LogP contribution in [0.2, 0.25) is 10.0 Å². The lowest BCUT2D eigenvalue weighted by Crippen LogP contribution is -2.53. The number of ether oxygens (including phenoxy) is 2. The highest BCUT2D eigenvalue weighted by atomic mass is 35.5. The molecule has 0 unspecified atom stereocenters. The first-order valence-corrected chi connectivity index (χ1v) is 14.0. The molecule has 0 bridgehead atoms. The van der Waals surface area contributed by atoms with Crippen LogP contribution in [0.15, 0.2) is 54.2 Å². The number of piperidine rings is 1. The standard InChI is InChI=1S/C30H34Cl2N2O5/c1-38-25-9-6-5-8-20(25)13-15-33-27(35)16-22-18-30(29(37)39-2)14-7-3-4-10-26(30)34(28(22)36)19-21-11-12-23(31)17-24(21)32/h5-6,8-12,17,22H,3-4,7,13-16,18-19H2,1-2H3,(H,33,35)/t22-,30+/m1/s1. The number of likely N-dealkylation sites (tertiary alicyclic amines) is 1. The molecule has 0 saturated carbocycles. The lowest BCUT2D eigenvalue weighted by molar-refractivity contribution is -0.160. The molecule has 1 aliphatic carbocycles. The zero-order valence-corrected chi connectivity index (χ0v) is 23.8. The van der Waals surface area contributed by atoms with Crippen LogP contribution in [0.4, 0.5) is 0 Å². The Morgan fingerprint density at radius 1 is 1.10 bits per heavy atom. The van der Waals surface area contributed by atoms with Gasteiger partial charge in [0.1, 0.15) is 11.2 Å². The van der Waals surface area contributed by atoms with Crippen molar-refractivity contribution in [3.63, 3.8) is 0 Å². The monoisotopic (exact) mass is 572 g/mol. The van der Waals surface area contributed by atoms with Gasteiger partial charge in [0.2, 0.25) is 11.8 Å². The predicted octanol–water partition coefficient (Wildman–Crippen LogP) is 5.72. The van der Waals surface area contributed by atoms with Crippen LogP contribution in [0.25, 0.3) is 0 Å². The van der Waals surface area contributed by atoms with Crippen LogP contribution in [0, 0.1) is 11.3 Å². The number of halogens is 2. The molecule has 2 atom stereocenters. The van der Waals surface area contributed by atoms with Gasteiger partial charge in [-0.15, -0.1) is 0 Å². The number of nitrogens with zero attached hydrogens (tertiary/aromatic N) is 1. The molecule has 0 radical (unpaired) electrons. The van der Waals surface area contributed by atoms with Crippen LogP contribution < -0.4 is 10.1 Å². The van der Waals surface area contributed by atoms with Crippen LogP contribution in [-0.2, 0) is 32.1 Å². The van der Waals surface area contributed by atoms with Crippen LogP contribution in [0.1, 0.15) is 49.7 Å². The summed E-state index contributed by atoms with van der Waals surface area (Å²) < 4.78 is 10.7. The number of hydrogen-bond donors (Lipinski definition) is 1. The average molecular weight is 574 g/mol. The molecular formula is C30H34Cl2N2O5. The number of carbonyl (C=O) groups is 3. The molecule has 2 aliphatic rings. The number of hydrogen-bond acceptors (Lipinski definition) is 5. The third-order valence-electron chi connectivity index (χ3n) is 7.65. The van der Waals surface area contributed by atoms with Crippen molar-refractivity contribution < 1.29 is 23.9 Å². The molecule has 0 aromatic heterocycles. The molecule has 1 aliphatic heterocycles. The Morgan fingerprint density at radius 2 is 1.90 bits per heavy atom. The normalized spacial score (nSPS) is 20.9. The zero-order chi connectivity index (χ0) is 28.0. The number of rotatable bonds is 9. The van der Waals surface area contributed by atoms with Crippen LogP contribution >= 0.6 is 23.2 Å². The van der Waals surface area contributed by atoms with Crippen molar-refractivity contribution in [3.8, 4) is 5.75 Å². The summed E-state index contributed by atoms with van der Waals surface area (Å²) >= 11 is 12.6. The molecule has 2 aromatic rings. The molecule has 9 heteroatoms. The SMILES string of the molecule is COC(=O)[C@]12CCCCC=C1N(Cc1ccc(Cl)cc1Cl)C(=O)[C@H](CC(=O)NCCc1ccccc1OC)C2. The molecule has 4 rings (SSSR count). The summed E-state index contributed by atoms with van der Waals surface area (Å²) in [4.78, 5) is 41.9. The number of benzene rings is 2. The predicted molar refractivity (Wildman–Crippen MR) is 150 cm³/mol. The van der Waals surface area contributed by atoms with Gasteiger partial charge in [0.05, 0.1) is 20.8 Å². The summed E-state index contributed by atoms with van der Waals surface area (Å²) in [5.41, 5.74) is 1.34. The number of para-hydroxylation sites is 1. The highest BCUT2D eigenvalue weighted by Gasteiger charge is 2.53. The first-order valence-electron chi connectivity index (χ1n) is 13.2. The fourth-order valence-electron chi connectivity index (χ4n) is 5.73. The van der Waals surface area contributed by atoms with Gasteiger partial charge >= 0.3 is 5.97 Å². The minimum absolute atomic E-state index is 0.0262. The zero-order valence-electron chi connectivity index (χ0n) is 22.3. The van der Waals surface area contributed by atoms with Gasteiger partial charge in [-0.3, -0.25) is 14.4 Å². The molecule has 39 heavy (non-hydrogen) atoms. The molecule has 2 amide bonds. The number of nitrogens with one attached hydrogen (secondary N) is 1. The van der Waals surface area contributed by atoms with E-state index in [1.807, 2.05) is 30.3 Å². The molecule has 1 fully saturated rings. The van der Waals surface area contributed by atoms with Gasteiger partial charge in [0, 0.05) is 34.6 Å². The van der Waals surface area contributed by atoms with E-state index in [1.54, 1.807) is 30.2 Å². The molecule has 0 spiro atoms. The van der Waals surface area contributed by atoms with Crippen molar-refractivity contribution in [1.82, 2.24) is 10.2 Å². The summed E-state index contributed by atoms with van der Waals surface area (Å²) in [6, 6.07) is 12.8. The number of carbonyl (C=O) groups excluding carboxylic acids is 3. The second-order valence-corrected chi connectivity index (χ2v) is 10.9. The van der Waals surface area contributed by atoms with E-state index in [0.717, 1.165) is 30.6 Å². The summed E-state index contributed by atoms with van der Waals surface area (Å²) in [5.74, 6) is -0.741. The van der Waals surface area contributed by atoms with Crippen molar-refractivity contribution in [2.24, 2.45) is 11.3 Å². The van der Waals surface area contributed by atoms with Gasteiger partial charge in [0.25, 0.3) is 0 Å². The van der Waals surface area contributed by atoms with Crippen LogP contribution in [-0.4, -0.2) is 43.4 Å². The molecule has 1 heterocycles. The van der Waals surface area contributed by atoms with E-state index < -0.39 is 11.3 Å². The fourth-order valence-corrected chi connectivity index (χ4v) is 6.19. The summed E-state index contributed by atoms with van der Waals surface area (Å²) in [7, 11) is 2.98. The van der Waals surface area contributed by atoms with Gasteiger partial charge in [0.15, 0.2) is 0 Å². The Balaban J connectivity index is 1.57. The third-order valence-corrected chi connectivity index (χ3v) is 8.23. The van der Waals surface area contributed by atoms with E-state index in [1.165, 1.54) is 7.11 Å². The fraction of sp³-hybridized carbons (Fsp3) is 0.433. The lowest BCUT2D eigenvalue weighted by Gasteiger charge is -2.46. The summed E-state index contributed by atoms with van der Waals surface area (Å²) in [5, 5.41) is 3.87. The Kier molecular flexibility index (Phi) is 9.57. The van der Waals surface area contributed by atoms with E-state index in [9.17, 15) is 14.4 Å². The van der Waals surface area contributed by atoms with Gasteiger partial charge < -0.3 is 19.7 Å². The molecule has 208 valence electrons. The number of fused-ring (bicyclic) bond motifs is 1. The van der Waals surface area contributed by atoms with Gasteiger partial charge in [-0.1, -0.05) is 60.0 Å². The first kappa shape index (κ1) is 29.0. The number of amides is 2. The average Bonchev–Trinajstić information content (AvgIpc) is 3.15. The molecule has 7 nitrogen and oxygen atoms in total. The highest BCUT2D eigenvalue weighted by Crippen LogP contribution is 2.50. The topological polar surface area (TPSA) is 84.9 Å². The van der Waals surface area contributed by atoms with E-state index >= 15 is 0 Å². The maximum atomic E-state index is 13.9. The minimum Gasteiger partial charge on any atom is -0.496 e. The Bertz CT molecular complexity index is 1260. The van der Waals surface area contributed by atoms with Crippen molar-refractivity contribution in [3.05, 3.63) is 75.4 Å². The van der Waals surface area contributed by atoms with Crippen molar-refractivity contribution in [1.29, 1.82) is 0 Å². The Hall–Kier alpha value is -3.03. The van der Waals surface area contributed by atoms with Gasteiger partial charge in [-0.05, 0) is 61.4 Å². The maximum Gasteiger partial charge on any atom is 0.317 e. The van der Waals surface area contributed by atoms with Gasteiger partial charge in [-0.2, -0.15) is 0 Å². The van der Waals surface area contributed by atoms with E-state index in [-0.39, 0.29) is 37.2 Å². The van der Waals surface area contributed by atoms with Crippen molar-refractivity contribution in [2.75, 3.05) is 20.8 Å². The van der Waals surface area contributed by atoms with Crippen LogP contribution in [0.5, 0.6) is 5.75 Å². The third kappa shape index (κ3) is 6.42. The Morgan fingerprint density at radius 3 is 2.64 bits per heavy atom. The lowest BCUT2D eigenvalue weighted by atomic mass is 9.69. The van der Waals surface area contributed by atoms with E-state index in [4.69, 9.17) is 32.7 Å². The number of esters is 1. The molecule has 2 aromatic carbocycles. The van der Waals surface area contributed by atoms with Crippen LogP contribution in [0.3, 0.4) is 0 Å². The van der Waals surface area contributed by atoms with E-state index in [2.05, 4.69) is 5.32 Å². The van der Waals surface area contributed by atoms with E-state index in [0.29, 0.717) is 40.7 Å². The summed E-state index contributed by atoms with van der Waals surface area (Å²) in [6.45, 7) is 0.572.